The van der Waals surface area contributed by atoms with Crippen molar-refractivity contribution in [2.24, 2.45) is 0 Å². The van der Waals surface area contributed by atoms with Gasteiger partial charge in [-0.25, -0.2) is 14.5 Å². The van der Waals surface area contributed by atoms with Gasteiger partial charge >= 0.3 is 0 Å². The summed E-state index contributed by atoms with van der Waals surface area (Å²) in [5.41, 5.74) is 3.04. The molecule has 1 saturated heterocycles. The Balaban J connectivity index is 1.55. The van der Waals surface area contributed by atoms with Crippen LogP contribution in [0, 0.1) is 0 Å². The van der Waals surface area contributed by atoms with Gasteiger partial charge in [0.1, 0.15) is 11.4 Å². The number of hydrogen-bond acceptors (Lipinski definition) is 4. The standard InChI is InChI=1S/C21H20N6O/c28-21(26-13-5-4-8-18(26)19-22-11-12-23-19)16-14-25-27-17(9-10-24-20(16)27)15-6-2-1-3-7-15/h1-3,6-7,9-12,14,18H,4-5,8,13H2,(H,22,23)/t18-/m1/s1. The average molecular weight is 372 g/mol. The lowest BCUT2D eigenvalue weighted by molar-refractivity contribution is 0.0603. The Labute approximate surface area is 162 Å². The smallest absolute Gasteiger partial charge is 0.259 e. The zero-order valence-corrected chi connectivity index (χ0v) is 15.3. The number of carbonyl (C=O) groups is 1. The van der Waals surface area contributed by atoms with Gasteiger partial charge in [-0.15, -0.1) is 0 Å². The van der Waals surface area contributed by atoms with Gasteiger partial charge in [0.25, 0.3) is 5.91 Å². The monoisotopic (exact) mass is 372 g/mol. The van der Waals surface area contributed by atoms with E-state index in [1.54, 1.807) is 29.3 Å². The number of piperidine rings is 1. The number of benzene rings is 1. The van der Waals surface area contributed by atoms with Crippen LogP contribution in [-0.4, -0.2) is 41.9 Å². The maximum Gasteiger partial charge on any atom is 0.259 e. The summed E-state index contributed by atoms with van der Waals surface area (Å²) in [4.78, 5) is 27.3. The quantitative estimate of drug-likeness (QED) is 0.597. The zero-order valence-electron chi connectivity index (χ0n) is 15.3. The molecule has 1 aliphatic rings. The molecule has 140 valence electrons. The lowest BCUT2D eigenvalue weighted by Gasteiger charge is -2.34. The first-order chi connectivity index (χ1) is 13.8. The van der Waals surface area contributed by atoms with Crippen molar-refractivity contribution >= 4 is 11.6 Å². The zero-order chi connectivity index (χ0) is 18.9. The Hall–Kier alpha value is -3.48. The molecule has 1 fully saturated rings. The Morgan fingerprint density at radius 1 is 1.07 bits per heavy atom. The lowest BCUT2D eigenvalue weighted by Crippen LogP contribution is -2.39. The van der Waals surface area contributed by atoms with E-state index < -0.39 is 0 Å². The third kappa shape index (κ3) is 2.76. The number of nitrogens with one attached hydrogen (secondary N) is 1. The summed E-state index contributed by atoms with van der Waals surface area (Å²) in [5, 5.41) is 4.48. The van der Waals surface area contributed by atoms with E-state index in [0.29, 0.717) is 17.8 Å². The highest BCUT2D eigenvalue weighted by molar-refractivity contribution is 6.00. The molecule has 7 heteroatoms. The molecule has 7 nitrogen and oxygen atoms in total. The highest BCUT2D eigenvalue weighted by atomic mass is 16.2. The van der Waals surface area contributed by atoms with Crippen molar-refractivity contribution in [1.29, 1.82) is 0 Å². The predicted octanol–water partition coefficient (Wildman–Crippen LogP) is 3.49. The molecule has 0 aliphatic carbocycles. The van der Waals surface area contributed by atoms with Gasteiger partial charge in [-0.2, -0.15) is 5.10 Å². The highest BCUT2D eigenvalue weighted by Crippen LogP contribution is 2.31. The van der Waals surface area contributed by atoms with E-state index in [1.807, 2.05) is 41.3 Å². The molecule has 0 radical (unpaired) electrons. The third-order valence-electron chi connectivity index (χ3n) is 5.30. The van der Waals surface area contributed by atoms with E-state index in [1.165, 1.54) is 0 Å². The van der Waals surface area contributed by atoms with Crippen LogP contribution in [0.1, 0.15) is 41.5 Å². The molecule has 1 amide bonds. The number of aromatic nitrogens is 5. The van der Waals surface area contributed by atoms with Crippen molar-refractivity contribution in [3.05, 3.63) is 72.6 Å². The molecule has 28 heavy (non-hydrogen) atoms. The summed E-state index contributed by atoms with van der Waals surface area (Å²) in [6.45, 7) is 0.708. The van der Waals surface area contributed by atoms with Gasteiger partial charge in [0.05, 0.1) is 17.9 Å². The number of aromatic amines is 1. The molecule has 4 aromatic rings. The molecule has 1 atom stereocenters. The van der Waals surface area contributed by atoms with Crippen molar-refractivity contribution in [3.8, 4) is 11.3 Å². The first-order valence-corrected chi connectivity index (χ1v) is 9.51. The minimum Gasteiger partial charge on any atom is -0.347 e. The van der Waals surface area contributed by atoms with Crippen LogP contribution in [0.4, 0.5) is 0 Å². The number of hydrogen-bond donors (Lipinski definition) is 1. The van der Waals surface area contributed by atoms with Crippen molar-refractivity contribution < 1.29 is 4.79 Å². The number of likely N-dealkylation sites (tertiary alicyclic amines) is 1. The number of nitrogens with zero attached hydrogens (tertiary/aromatic N) is 5. The van der Waals surface area contributed by atoms with Crippen molar-refractivity contribution in [2.45, 2.75) is 25.3 Å². The summed E-state index contributed by atoms with van der Waals surface area (Å²) in [5.74, 6) is 0.788. The van der Waals surface area contributed by atoms with Gasteiger partial charge in [0.2, 0.25) is 0 Å². The molecule has 0 saturated carbocycles. The van der Waals surface area contributed by atoms with Gasteiger partial charge < -0.3 is 9.88 Å². The lowest BCUT2D eigenvalue weighted by atomic mass is 10.0. The van der Waals surface area contributed by atoms with E-state index in [0.717, 1.165) is 36.3 Å². The summed E-state index contributed by atoms with van der Waals surface area (Å²) < 4.78 is 1.74. The van der Waals surface area contributed by atoms with E-state index in [9.17, 15) is 4.79 Å². The van der Waals surface area contributed by atoms with E-state index >= 15 is 0 Å². The Morgan fingerprint density at radius 2 is 1.96 bits per heavy atom. The van der Waals surface area contributed by atoms with Gasteiger partial charge in [-0.1, -0.05) is 30.3 Å². The minimum absolute atomic E-state index is 0.0384. The highest BCUT2D eigenvalue weighted by Gasteiger charge is 2.32. The van der Waals surface area contributed by atoms with Crippen molar-refractivity contribution in [1.82, 2.24) is 29.5 Å². The maximum atomic E-state index is 13.4. The number of carbonyl (C=O) groups excluding carboxylic acids is 1. The maximum absolute atomic E-state index is 13.4. The van der Waals surface area contributed by atoms with Crippen LogP contribution < -0.4 is 0 Å². The molecule has 1 N–H and O–H groups in total. The molecular weight excluding hydrogens is 352 g/mol. The molecule has 0 bridgehead atoms. The van der Waals surface area contributed by atoms with Gasteiger partial charge in [0.15, 0.2) is 5.65 Å². The summed E-state index contributed by atoms with van der Waals surface area (Å²) in [7, 11) is 0. The number of rotatable bonds is 3. The second kappa shape index (κ2) is 6.92. The van der Waals surface area contributed by atoms with Crippen molar-refractivity contribution in [3.63, 3.8) is 0 Å². The first-order valence-electron chi connectivity index (χ1n) is 9.51. The fourth-order valence-electron chi connectivity index (χ4n) is 3.94. The summed E-state index contributed by atoms with van der Waals surface area (Å²) >= 11 is 0. The number of amides is 1. The second-order valence-corrected chi connectivity index (χ2v) is 6.97. The SMILES string of the molecule is O=C(c1cnn2c(-c3ccccc3)ccnc12)N1CCCC[C@@H]1c1ncc[nH]1. The topological polar surface area (TPSA) is 79.2 Å². The summed E-state index contributed by atoms with van der Waals surface area (Å²) in [6, 6.07) is 11.9. The van der Waals surface area contributed by atoms with Gasteiger partial charge in [-0.05, 0) is 25.3 Å². The van der Waals surface area contributed by atoms with E-state index in [-0.39, 0.29) is 11.9 Å². The number of fused-ring (bicyclic) bond motifs is 1. The largest absolute Gasteiger partial charge is 0.347 e. The molecule has 0 spiro atoms. The van der Waals surface area contributed by atoms with Crippen LogP contribution in [0.2, 0.25) is 0 Å². The first kappa shape index (κ1) is 16.7. The fraction of sp³-hybridized carbons (Fsp3) is 0.238. The predicted molar refractivity (Wildman–Crippen MR) is 105 cm³/mol. The normalized spacial score (nSPS) is 17.1. The number of H-pyrrole nitrogens is 1. The fourth-order valence-corrected chi connectivity index (χ4v) is 3.94. The Bertz CT molecular complexity index is 1100. The summed E-state index contributed by atoms with van der Waals surface area (Å²) in [6.07, 6.45) is 9.87. The molecule has 1 aromatic carbocycles. The van der Waals surface area contributed by atoms with Crippen LogP contribution in [0.25, 0.3) is 16.9 Å². The molecule has 0 unspecified atom stereocenters. The van der Waals surface area contributed by atoms with Crippen LogP contribution in [0.5, 0.6) is 0 Å². The van der Waals surface area contributed by atoms with E-state index in [2.05, 4.69) is 20.1 Å². The third-order valence-corrected chi connectivity index (χ3v) is 5.30. The molecular formula is C21H20N6O. The molecule has 3 aromatic heterocycles. The Kier molecular flexibility index (Phi) is 4.12. The van der Waals surface area contributed by atoms with Crippen molar-refractivity contribution in [2.75, 3.05) is 6.54 Å². The van der Waals surface area contributed by atoms with Crippen LogP contribution >= 0.6 is 0 Å². The second-order valence-electron chi connectivity index (χ2n) is 6.97. The average Bonchev–Trinajstić information content (AvgIpc) is 3.44. The minimum atomic E-state index is -0.0474. The molecule has 4 heterocycles. The van der Waals surface area contributed by atoms with Crippen LogP contribution in [-0.2, 0) is 0 Å². The molecule has 1 aliphatic heterocycles. The molecule has 5 rings (SSSR count). The van der Waals surface area contributed by atoms with Gasteiger partial charge in [0, 0.05) is 30.7 Å². The van der Waals surface area contributed by atoms with Crippen LogP contribution in [0.3, 0.4) is 0 Å². The Morgan fingerprint density at radius 3 is 2.79 bits per heavy atom. The van der Waals surface area contributed by atoms with E-state index in [4.69, 9.17) is 0 Å². The van der Waals surface area contributed by atoms with Gasteiger partial charge in [-0.3, -0.25) is 4.79 Å². The van der Waals surface area contributed by atoms with Crippen LogP contribution in [0.15, 0.2) is 61.2 Å². The number of imidazole rings is 1.